The van der Waals surface area contributed by atoms with Gasteiger partial charge in [0.15, 0.2) is 0 Å². The van der Waals surface area contributed by atoms with Crippen LogP contribution in [0.2, 0.25) is 0 Å². The largest absolute Gasteiger partial charge is 0.418 e. The number of hydrogen-bond donors (Lipinski definition) is 0. The van der Waals surface area contributed by atoms with E-state index in [1.807, 2.05) is 0 Å². The van der Waals surface area contributed by atoms with Crippen molar-refractivity contribution in [1.82, 2.24) is 14.7 Å². The standard InChI is InChI=1S/C13H23N3O3/c1-2-3-5-14-8-10-16(11-9-14)13(18)19-12(17)15-6-4-7-15/h2-11H2,1H3. The molecule has 0 bridgehead atoms. The molecule has 0 aliphatic carbocycles. The van der Waals surface area contributed by atoms with E-state index in [9.17, 15) is 9.59 Å². The topological polar surface area (TPSA) is 53.1 Å². The van der Waals surface area contributed by atoms with Gasteiger partial charge in [-0.1, -0.05) is 13.3 Å². The van der Waals surface area contributed by atoms with Gasteiger partial charge in [0.25, 0.3) is 0 Å². The maximum absolute atomic E-state index is 11.8. The van der Waals surface area contributed by atoms with Gasteiger partial charge in [-0.3, -0.25) is 4.90 Å². The highest BCUT2D eigenvalue weighted by Crippen LogP contribution is 2.10. The highest BCUT2D eigenvalue weighted by Gasteiger charge is 2.28. The Morgan fingerprint density at radius 2 is 1.53 bits per heavy atom. The van der Waals surface area contributed by atoms with Crippen molar-refractivity contribution >= 4 is 12.2 Å². The monoisotopic (exact) mass is 269 g/mol. The summed E-state index contributed by atoms with van der Waals surface area (Å²) < 4.78 is 4.87. The second-order valence-electron chi connectivity index (χ2n) is 5.16. The van der Waals surface area contributed by atoms with Gasteiger partial charge in [-0.2, -0.15) is 0 Å². The Morgan fingerprint density at radius 3 is 2.00 bits per heavy atom. The number of piperazine rings is 1. The van der Waals surface area contributed by atoms with Gasteiger partial charge in [0.05, 0.1) is 0 Å². The molecular formula is C13H23N3O3. The normalized spacial score (nSPS) is 20.1. The lowest BCUT2D eigenvalue weighted by Crippen LogP contribution is -2.51. The van der Waals surface area contributed by atoms with Crippen molar-refractivity contribution in [3.8, 4) is 0 Å². The molecule has 19 heavy (non-hydrogen) atoms. The summed E-state index contributed by atoms with van der Waals surface area (Å²) in [4.78, 5) is 28.9. The molecule has 108 valence electrons. The minimum atomic E-state index is -0.496. The van der Waals surface area contributed by atoms with Gasteiger partial charge in [-0.15, -0.1) is 0 Å². The van der Waals surface area contributed by atoms with Crippen LogP contribution in [0.25, 0.3) is 0 Å². The Kier molecular flexibility index (Phi) is 5.01. The van der Waals surface area contributed by atoms with Gasteiger partial charge in [-0.25, -0.2) is 9.59 Å². The number of likely N-dealkylation sites (tertiary alicyclic amines) is 1. The lowest BCUT2D eigenvalue weighted by Gasteiger charge is -2.35. The lowest BCUT2D eigenvalue weighted by molar-refractivity contribution is 0.0662. The first-order valence-electron chi connectivity index (χ1n) is 7.18. The Morgan fingerprint density at radius 1 is 0.947 bits per heavy atom. The highest BCUT2D eigenvalue weighted by molar-refractivity contribution is 5.84. The molecule has 2 rings (SSSR count). The quantitative estimate of drug-likeness (QED) is 0.726. The molecule has 0 radical (unpaired) electrons. The van der Waals surface area contributed by atoms with E-state index in [0.717, 1.165) is 26.1 Å². The number of carbonyl (C=O) groups is 2. The van der Waals surface area contributed by atoms with Crippen molar-refractivity contribution in [1.29, 1.82) is 0 Å². The van der Waals surface area contributed by atoms with Crippen LogP contribution in [0, 0.1) is 0 Å². The van der Waals surface area contributed by atoms with Crippen LogP contribution in [0.5, 0.6) is 0 Å². The van der Waals surface area contributed by atoms with E-state index >= 15 is 0 Å². The third kappa shape index (κ3) is 3.83. The summed E-state index contributed by atoms with van der Waals surface area (Å²) in [7, 11) is 0. The van der Waals surface area contributed by atoms with E-state index in [1.165, 1.54) is 12.8 Å². The Balaban J connectivity index is 1.68. The molecule has 2 amide bonds. The first kappa shape index (κ1) is 14.1. The molecule has 2 fully saturated rings. The van der Waals surface area contributed by atoms with Crippen molar-refractivity contribution in [3.05, 3.63) is 0 Å². The number of unbranched alkanes of at least 4 members (excludes halogenated alkanes) is 1. The minimum Gasteiger partial charge on any atom is -0.359 e. The number of nitrogens with zero attached hydrogens (tertiary/aromatic N) is 3. The van der Waals surface area contributed by atoms with Gasteiger partial charge in [-0.05, 0) is 19.4 Å². The fourth-order valence-corrected chi connectivity index (χ4v) is 2.24. The maximum atomic E-state index is 11.8. The maximum Gasteiger partial charge on any atom is 0.418 e. The van der Waals surface area contributed by atoms with E-state index in [-0.39, 0.29) is 0 Å². The van der Waals surface area contributed by atoms with Crippen LogP contribution in [-0.2, 0) is 4.74 Å². The fourth-order valence-electron chi connectivity index (χ4n) is 2.24. The van der Waals surface area contributed by atoms with E-state index in [2.05, 4.69) is 11.8 Å². The molecule has 0 aromatic rings. The number of rotatable bonds is 3. The van der Waals surface area contributed by atoms with Crippen LogP contribution in [-0.4, -0.2) is 72.7 Å². The van der Waals surface area contributed by atoms with Gasteiger partial charge in [0.2, 0.25) is 0 Å². The number of carbonyl (C=O) groups excluding carboxylic acids is 2. The second kappa shape index (κ2) is 6.75. The average molecular weight is 269 g/mol. The first-order valence-corrected chi connectivity index (χ1v) is 7.18. The van der Waals surface area contributed by atoms with Crippen LogP contribution in [0.3, 0.4) is 0 Å². The molecule has 0 spiro atoms. The molecule has 0 saturated carbocycles. The van der Waals surface area contributed by atoms with Crippen molar-refractivity contribution in [3.63, 3.8) is 0 Å². The van der Waals surface area contributed by atoms with E-state index < -0.39 is 12.2 Å². The predicted molar refractivity (Wildman–Crippen MR) is 71.0 cm³/mol. The van der Waals surface area contributed by atoms with Gasteiger partial charge >= 0.3 is 12.2 Å². The SMILES string of the molecule is CCCCN1CCN(C(=O)OC(=O)N2CCC2)CC1. The molecule has 2 heterocycles. The predicted octanol–water partition coefficient (Wildman–Crippen LogP) is 1.37. The van der Waals surface area contributed by atoms with Crippen LogP contribution in [0.15, 0.2) is 0 Å². The van der Waals surface area contributed by atoms with Crippen molar-refractivity contribution < 1.29 is 14.3 Å². The first-order chi connectivity index (χ1) is 9.20. The molecule has 2 aliphatic heterocycles. The molecule has 2 aliphatic rings. The molecule has 0 unspecified atom stereocenters. The fraction of sp³-hybridized carbons (Fsp3) is 0.846. The minimum absolute atomic E-state index is 0.493. The summed E-state index contributed by atoms with van der Waals surface area (Å²) in [5.74, 6) is 0. The zero-order valence-corrected chi connectivity index (χ0v) is 11.6. The molecular weight excluding hydrogens is 246 g/mol. The van der Waals surface area contributed by atoms with E-state index in [0.29, 0.717) is 26.2 Å². The summed E-state index contributed by atoms with van der Waals surface area (Å²) in [6.07, 6.45) is 2.39. The molecule has 2 saturated heterocycles. The van der Waals surface area contributed by atoms with Crippen molar-refractivity contribution in [2.45, 2.75) is 26.2 Å². The highest BCUT2D eigenvalue weighted by atomic mass is 16.6. The van der Waals surface area contributed by atoms with Gasteiger partial charge < -0.3 is 14.5 Å². The van der Waals surface area contributed by atoms with Crippen LogP contribution in [0.4, 0.5) is 9.59 Å². The molecule has 0 N–H and O–H groups in total. The number of ether oxygens (including phenoxy) is 1. The summed E-state index contributed by atoms with van der Waals surface area (Å²) in [6, 6.07) is 0. The summed E-state index contributed by atoms with van der Waals surface area (Å²) >= 11 is 0. The molecule has 0 atom stereocenters. The number of hydrogen-bond acceptors (Lipinski definition) is 4. The second-order valence-corrected chi connectivity index (χ2v) is 5.16. The third-order valence-electron chi connectivity index (χ3n) is 3.75. The number of amides is 2. The third-order valence-corrected chi connectivity index (χ3v) is 3.75. The smallest absolute Gasteiger partial charge is 0.359 e. The Hall–Kier alpha value is -1.30. The summed E-state index contributed by atoms with van der Waals surface area (Å²) in [5, 5.41) is 0. The van der Waals surface area contributed by atoms with Crippen LogP contribution >= 0.6 is 0 Å². The lowest BCUT2D eigenvalue weighted by atomic mass is 10.2. The Labute approximate surface area is 114 Å². The molecule has 0 aromatic heterocycles. The average Bonchev–Trinajstić information content (AvgIpc) is 2.34. The van der Waals surface area contributed by atoms with Crippen molar-refractivity contribution in [2.75, 3.05) is 45.8 Å². The molecule has 6 heteroatoms. The summed E-state index contributed by atoms with van der Waals surface area (Å²) in [5.41, 5.74) is 0. The van der Waals surface area contributed by atoms with E-state index in [4.69, 9.17) is 4.74 Å². The zero-order chi connectivity index (χ0) is 13.7. The molecule has 6 nitrogen and oxygen atoms in total. The van der Waals surface area contributed by atoms with Crippen LogP contribution < -0.4 is 0 Å². The van der Waals surface area contributed by atoms with E-state index in [1.54, 1.807) is 9.80 Å². The molecule has 0 aromatic carbocycles. The zero-order valence-electron chi connectivity index (χ0n) is 11.6. The Bertz CT molecular complexity index is 323. The van der Waals surface area contributed by atoms with Gasteiger partial charge in [0, 0.05) is 39.3 Å². The van der Waals surface area contributed by atoms with Crippen molar-refractivity contribution in [2.24, 2.45) is 0 Å². The van der Waals surface area contributed by atoms with Gasteiger partial charge in [0.1, 0.15) is 0 Å². The summed E-state index contributed by atoms with van der Waals surface area (Å²) in [6.45, 7) is 7.71. The van der Waals surface area contributed by atoms with Crippen LogP contribution in [0.1, 0.15) is 26.2 Å².